The van der Waals surface area contributed by atoms with Crippen molar-refractivity contribution in [2.24, 2.45) is 0 Å². The van der Waals surface area contributed by atoms with Crippen LogP contribution in [0.25, 0.3) is 0 Å². The van der Waals surface area contributed by atoms with Gasteiger partial charge in [-0.25, -0.2) is 4.98 Å². The van der Waals surface area contributed by atoms with Crippen LogP contribution in [0.4, 0.5) is 10.8 Å². The van der Waals surface area contributed by atoms with Crippen molar-refractivity contribution in [3.05, 3.63) is 70.2 Å². The summed E-state index contributed by atoms with van der Waals surface area (Å²) in [5.74, 6) is 0.607. The number of halogens is 1. The van der Waals surface area contributed by atoms with Crippen LogP contribution in [0, 0.1) is 0 Å². The van der Waals surface area contributed by atoms with Crippen molar-refractivity contribution < 1.29 is 9.53 Å². The number of methoxy groups -OCH3 is 1. The fourth-order valence-corrected chi connectivity index (χ4v) is 4.36. The number of carbonyl (C=O) groups is 1. The molecule has 156 valence electrons. The molecule has 1 aliphatic rings. The highest BCUT2D eigenvalue weighted by Crippen LogP contribution is 2.25. The third-order valence-corrected chi connectivity index (χ3v) is 6.21. The molecule has 1 aromatic heterocycles. The first-order valence-corrected chi connectivity index (χ1v) is 11.0. The number of amides is 1. The Kier molecular flexibility index (Phi) is 6.40. The Hall–Kier alpha value is -2.77. The number of benzene rings is 2. The minimum Gasteiger partial charge on any atom is -0.497 e. The number of anilines is 2. The summed E-state index contributed by atoms with van der Waals surface area (Å²) in [6, 6.07) is 15.6. The van der Waals surface area contributed by atoms with Crippen LogP contribution in [0.1, 0.15) is 16.1 Å². The molecular formula is C22H23ClN4O2S. The average Bonchev–Trinajstić information content (AvgIpc) is 3.29. The summed E-state index contributed by atoms with van der Waals surface area (Å²) in [4.78, 5) is 21.6. The van der Waals surface area contributed by atoms with E-state index < -0.39 is 0 Å². The van der Waals surface area contributed by atoms with Crippen molar-refractivity contribution in [1.29, 1.82) is 0 Å². The molecule has 4 rings (SSSR count). The minimum absolute atomic E-state index is 0.167. The second-order valence-electron chi connectivity index (χ2n) is 7.00. The second kappa shape index (κ2) is 9.36. The first kappa shape index (κ1) is 20.5. The van der Waals surface area contributed by atoms with Crippen molar-refractivity contribution in [3.8, 4) is 5.75 Å². The monoisotopic (exact) mass is 442 g/mol. The van der Waals surface area contributed by atoms with Gasteiger partial charge in [-0.05, 0) is 42.0 Å². The number of piperazine rings is 1. The maximum atomic E-state index is 12.5. The standard InChI is InChI=1S/C22H23ClN4O2S/c1-29-19-4-2-3-16(13-19)14-24-21(28)20-15-30-22(25-20)27-11-9-26(10-12-27)18-7-5-17(23)6-8-18/h2-8,13,15H,9-12,14H2,1H3,(H,24,28). The molecule has 0 radical (unpaired) electrons. The predicted molar refractivity (Wildman–Crippen MR) is 122 cm³/mol. The van der Waals surface area contributed by atoms with Gasteiger partial charge in [-0.3, -0.25) is 4.79 Å². The quantitative estimate of drug-likeness (QED) is 0.623. The van der Waals surface area contributed by atoms with Crippen LogP contribution in [-0.4, -0.2) is 44.2 Å². The zero-order valence-electron chi connectivity index (χ0n) is 16.7. The van der Waals surface area contributed by atoms with E-state index in [2.05, 4.69) is 20.1 Å². The Balaban J connectivity index is 1.31. The van der Waals surface area contributed by atoms with Crippen LogP contribution in [0.15, 0.2) is 53.9 Å². The van der Waals surface area contributed by atoms with E-state index >= 15 is 0 Å². The lowest BCUT2D eigenvalue weighted by molar-refractivity contribution is 0.0946. The van der Waals surface area contributed by atoms with Crippen LogP contribution in [0.2, 0.25) is 5.02 Å². The van der Waals surface area contributed by atoms with E-state index in [1.54, 1.807) is 7.11 Å². The molecule has 0 saturated carbocycles. The zero-order chi connectivity index (χ0) is 20.9. The van der Waals surface area contributed by atoms with Crippen molar-refractivity contribution in [2.75, 3.05) is 43.1 Å². The fraction of sp³-hybridized carbons (Fsp3) is 0.273. The van der Waals surface area contributed by atoms with E-state index in [0.717, 1.165) is 47.6 Å². The molecule has 6 nitrogen and oxygen atoms in total. The molecule has 1 amide bonds. The number of nitrogens with zero attached hydrogens (tertiary/aromatic N) is 3. The van der Waals surface area contributed by atoms with E-state index in [1.807, 2.05) is 53.9 Å². The van der Waals surface area contributed by atoms with Gasteiger partial charge in [-0.1, -0.05) is 23.7 Å². The highest BCUT2D eigenvalue weighted by atomic mass is 35.5. The summed E-state index contributed by atoms with van der Waals surface area (Å²) in [5.41, 5.74) is 2.62. The molecule has 0 aliphatic carbocycles. The number of hydrogen-bond donors (Lipinski definition) is 1. The highest BCUT2D eigenvalue weighted by molar-refractivity contribution is 7.13. The normalized spacial score (nSPS) is 13.9. The number of aromatic nitrogens is 1. The van der Waals surface area contributed by atoms with Gasteiger partial charge >= 0.3 is 0 Å². The molecule has 0 bridgehead atoms. The number of thiazole rings is 1. The first-order valence-electron chi connectivity index (χ1n) is 9.74. The van der Waals surface area contributed by atoms with Gasteiger partial charge < -0.3 is 19.9 Å². The average molecular weight is 443 g/mol. The molecule has 0 spiro atoms. The van der Waals surface area contributed by atoms with Crippen molar-refractivity contribution in [1.82, 2.24) is 10.3 Å². The third kappa shape index (κ3) is 4.86. The van der Waals surface area contributed by atoms with Gasteiger partial charge in [-0.2, -0.15) is 0 Å². The lowest BCUT2D eigenvalue weighted by Crippen LogP contribution is -2.46. The summed E-state index contributed by atoms with van der Waals surface area (Å²) in [6.07, 6.45) is 0. The van der Waals surface area contributed by atoms with Crippen molar-refractivity contribution in [2.45, 2.75) is 6.54 Å². The first-order chi connectivity index (χ1) is 14.6. The van der Waals surface area contributed by atoms with E-state index in [9.17, 15) is 4.79 Å². The van der Waals surface area contributed by atoms with Gasteiger partial charge in [0.15, 0.2) is 5.13 Å². The van der Waals surface area contributed by atoms with E-state index in [1.165, 1.54) is 17.0 Å². The van der Waals surface area contributed by atoms with Gasteiger partial charge in [0, 0.05) is 48.8 Å². The molecule has 1 aliphatic heterocycles. The highest BCUT2D eigenvalue weighted by Gasteiger charge is 2.21. The van der Waals surface area contributed by atoms with Gasteiger partial charge in [0.05, 0.1) is 7.11 Å². The van der Waals surface area contributed by atoms with Gasteiger partial charge in [0.2, 0.25) is 0 Å². The topological polar surface area (TPSA) is 57.7 Å². The summed E-state index contributed by atoms with van der Waals surface area (Å²) in [5, 5.41) is 6.38. The summed E-state index contributed by atoms with van der Waals surface area (Å²) >= 11 is 7.49. The molecule has 0 unspecified atom stereocenters. The molecule has 3 aromatic rings. The summed E-state index contributed by atoms with van der Waals surface area (Å²) in [7, 11) is 1.63. The van der Waals surface area contributed by atoms with E-state index in [-0.39, 0.29) is 5.91 Å². The molecule has 2 aromatic carbocycles. The Morgan fingerprint density at radius 3 is 2.60 bits per heavy atom. The van der Waals surface area contributed by atoms with Gasteiger partial charge in [0.1, 0.15) is 11.4 Å². The fourth-order valence-electron chi connectivity index (χ4n) is 3.38. The molecule has 0 atom stereocenters. The Morgan fingerprint density at radius 1 is 1.13 bits per heavy atom. The maximum absolute atomic E-state index is 12.5. The summed E-state index contributed by atoms with van der Waals surface area (Å²) in [6.45, 7) is 3.96. The lowest BCUT2D eigenvalue weighted by atomic mass is 10.2. The number of carbonyl (C=O) groups excluding carboxylic acids is 1. The van der Waals surface area contributed by atoms with Crippen LogP contribution in [0.3, 0.4) is 0 Å². The molecule has 1 fully saturated rings. The molecule has 1 saturated heterocycles. The molecule has 8 heteroatoms. The van der Waals surface area contributed by atoms with Crippen LogP contribution < -0.4 is 19.9 Å². The summed E-state index contributed by atoms with van der Waals surface area (Å²) < 4.78 is 5.22. The van der Waals surface area contributed by atoms with E-state index in [0.29, 0.717) is 12.2 Å². The van der Waals surface area contributed by atoms with Crippen molar-refractivity contribution in [3.63, 3.8) is 0 Å². The lowest BCUT2D eigenvalue weighted by Gasteiger charge is -2.36. The zero-order valence-corrected chi connectivity index (χ0v) is 18.2. The minimum atomic E-state index is -0.167. The number of nitrogens with one attached hydrogen (secondary N) is 1. The molecule has 2 heterocycles. The maximum Gasteiger partial charge on any atom is 0.271 e. The molecule has 30 heavy (non-hydrogen) atoms. The van der Waals surface area contributed by atoms with E-state index in [4.69, 9.17) is 16.3 Å². The van der Waals surface area contributed by atoms with Crippen LogP contribution in [-0.2, 0) is 6.54 Å². The Morgan fingerprint density at radius 2 is 1.87 bits per heavy atom. The van der Waals surface area contributed by atoms with Crippen molar-refractivity contribution >= 4 is 39.7 Å². The van der Waals surface area contributed by atoms with Gasteiger partial charge in [-0.15, -0.1) is 11.3 Å². The Bertz CT molecular complexity index is 1000. The molecule has 1 N–H and O–H groups in total. The van der Waals surface area contributed by atoms with Gasteiger partial charge in [0.25, 0.3) is 5.91 Å². The Labute approximate surface area is 185 Å². The SMILES string of the molecule is COc1cccc(CNC(=O)c2csc(N3CCN(c4ccc(Cl)cc4)CC3)n2)c1. The number of hydrogen-bond acceptors (Lipinski definition) is 6. The second-order valence-corrected chi connectivity index (χ2v) is 8.27. The van der Waals surface area contributed by atoms with Crippen LogP contribution in [0.5, 0.6) is 5.75 Å². The smallest absolute Gasteiger partial charge is 0.271 e. The number of rotatable bonds is 6. The molecular weight excluding hydrogens is 420 g/mol. The third-order valence-electron chi connectivity index (χ3n) is 5.05. The largest absolute Gasteiger partial charge is 0.497 e. The predicted octanol–water partition coefficient (Wildman–Crippen LogP) is 4.06. The number of ether oxygens (including phenoxy) is 1. The van der Waals surface area contributed by atoms with Crippen LogP contribution >= 0.6 is 22.9 Å².